The molecule has 3 aromatic rings. The summed E-state index contributed by atoms with van der Waals surface area (Å²) >= 11 is 5.68. The number of hydrogen-bond donors (Lipinski definition) is 1. The lowest BCUT2D eigenvalue weighted by atomic mass is 9.93. The van der Waals surface area contributed by atoms with E-state index in [2.05, 4.69) is 15.6 Å². The van der Waals surface area contributed by atoms with E-state index >= 15 is 0 Å². The van der Waals surface area contributed by atoms with Gasteiger partial charge in [-0.1, -0.05) is 65.4 Å². The first-order valence-corrected chi connectivity index (χ1v) is 10.9. The SMILES string of the molecule is CCOC(=O)C1=C(C)NC(=S)N(Cn2cc(-c3ccccc3)nn2)C1c1ccc(C)cc1. The van der Waals surface area contributed by atoms with E-state index in [1.165, 1.54) is 0 Å². The van der Waals surface area contributed by atoms with E-state index in [-0.39, 0.29) is 5.97 Å². The van der Waals surface area contributed by atoms with E-state index in [4.69, 9.17) is 17.0 Å². The number of nitrogens with one attached hydrogen (secondary N) is 1. The number of nitrogens with zero attached hydrogens (tertiary/aromatic N) is 4. The van der Waals surface area contributed by atoms with Crippen molar-refractivity contribution >= 4 is 23.3 Å². The molecule has 2 aromatic carbocycles. The lowest BCUT2D eigenvalue weighted by Crippen LogP contribution is -2.49. The van der Waals surface area contributed by atoms with Crippen LogP contribution in [-0.2, 0) is 16.2 Å². The van der Waals surface area contributed by atoms with Crippen molar-refractivity contribution < 1.29 is 9.53 Å². The van der Waals surface area contributed by atoms with Crippen LogP contribution in [0.1, 0.15) is 31.0 Å². The van der Waals surface area contributed by atoms with Gasteiger partial charge < -0.3 is 15.0 Å². The first-order valence-electron chi connectivity index (χ1n) is 10.5. The van der Waals surface area contributed by atoms with Crippen LogP contribution in [0.5, 0.6) is 0 Å². The first kappa shape index (κ1) is 21.7. The van der Waals surface area contributed by atoms with Crippen molar-refractivity contribution in [3.63, 3.8) is 0 Å². The Morgan fingerprint density at radius 1 is 1.12 bits per heavy atom. The number of rotatable bonds is 6. The predicted octanol–water partition coefficient (Wildman–Crippen LogP) is 3.98. The monoisotopic (exact) mass is 447 g/mol. The standard InChI is InChI=1S/C24H25N5O2S/c1-4-31-23(30)21-17(3)25-24(32)29(22(21)19-12-10-16(2)11-13-19)15-28-14-20(26-27-28)18-8-6-5-7-9-18/h5-14,22H,4,15H2,1-3H3,(H,25,32). The highest BCUT2D eigenvalue weighted by Crippen LogP contribution is 2.35. The molecule has 0 radical (unpaired) electrons. The molecule has 0 saturated heterocycles. The maximum atomic E-state index is 12.9. The van der Waals surface area contributed by atoms with E-state index < -0.39 is 6.04 Å². The molecule has 0 fully saturated rings. The first-order chi connectivity index (χ1) is 15.5. The molecule has 0 saturated carbocycles. The minimum absolute atomic E-state index is 0.296. The fraction of sp³-hybridized carbons (Fsp3) is 0.250. The molecular formula is C24H25N5O2S. The van der Waals surface area contributed by atoms with Crippen molar-refractivity contribution in [3.8, 4) is 11.3 Å². The molecule has 0 spiro atoms. The number of benzene rings is 2. The average molecular weight is 448 g/mol. The number of esters is 1. The maximum Gasteiger partial charge on any atom is 0.338 e. The summed E-state index contributed by atoms with van der Waals surface area (Å²) in [5.41, 5.74) is 5.07. The highest BCUT2D eigenvalue weighted by Gasteiger charge is 2.37. The second-order valence-electron chi connectivity index (χ2n) is 7.62. The maximum absolute atomic E-state index is 12.9. The molecule has 1 atom stereocenters. The Morgan fingerprint density at radius 2 is 1.84 bits per heavy atom. The van der Waals surface area contributed by atoms with Gasteiger partial charge in [-0.25, -0.2) is 9.48 Å². The number of carbonyl (C=O) groups excluding carboxylic acids is 1. The predicted molar refractivity (Wildman–Crippen MR) is 126 cm³/mol. The molecule has 0 bridgehead atoms. The summed E-state index contributed by atoms with van der Waals surface area (Å²) in [4.78, 5) is 14.9. The Hall–Kier alpha value is -3.52. The summed E-state index contributed by atoms with van der Waals surface area (Å²) in [6.07, 6.45) is 1.87. The molecule has 0 amide bonds. The third-order valence-electron chi connectivity index (χ3n) is 5.34. The van der Waals surface area contributed by atoms with Crippen LogP contribution in [0, 0.1) is 6.92 Å². The van der Waals surface area contributed by atoms with Crippen molar-refractivity contribution in [2.24, 2.45) is 0 Å². The summed E-state index contributed by atoms with van der Waals surface area (Å²) in [5.74, 6) is -0.362. The zero-order chi connectivity index (χ0) is 22.7. The molecule has 1 N–H and O–H groups in total. The van der Waals surface area contributed by atoms with Crippen LogP contribution in [0.4, 0.5) is 0 Å². The number of aromatic nitrogens is 3. The van der Waals surface area contributed by atoms with Crippen molar-refractivity contribution in [2.45, 2.75) is 33.5 Å². The Balaban J connectivity index is 1.72. The van der Waals surface area contributed by atoms with Crippen LogP contribution in [0.25, 0.3) is 11.3 Å². The van der Waals surface area contributed by atoms with Crippen LogP contribution in [0.15, 0.2) is 72.1 Å². The van der Waals surface area contributed by atoms with Gasteiger partial charge in [0.25, 0.3) is 0 Å². The van der Waals surface area contributed by atoms with Gasteiger partial charge in [0.1, 0.15) is 12.4 Å². The molecule has 32 heavy (non-hydrogen) atoms. The van der Waals surface area contributed by atoms with Crippen molar-refractivity contribution in [3.05, 3.63) is 83.2 Å². The summed E-state index contributed by atoms with van der Waals surface area (Å²) < 4.78 is 7.10. The van der Waals surface area contributed by atoms with Gasteiger partial charge >= 0.3 is 5.97 Å². The van der Waals surface area contributed by atoms with E-state index in [1.807, 2.05) is 79.5 Å². The Morgan fingerprint density at radius 3 is 2.53 bits per heavy atom. The van der Waals surface area contributed by atoms with Crippen LogP contribution in [0.3, 0.4) is 0 Å². The number of ether oxygens (including phenoxy) is 1. The molecule has 7 nitrogen and oxygen atoms in total. The Labute approximate surface area is 192 Å². The highest BCUT2D eigenvalue weighted by atomic mass is 32.1. The third kappa shape index (κ3) is 4.40. The molecule has 8 heteroatoms. The fourth-order valence-corrected chi connectivity index (χ4v) is 4.07. The quantitative estimate of drug-likeness (QED) is 0.453. The fourth-order valence-electron chi connectivity index (χ4n) is 3.76. The van der Waals surface area contributed by atoms with Gasteiger partial charge in [0.05, 0.1) is 24.4 Å². The van der Waals surface area contributed by atoms with E-state index in [1.54, 1.807) is 11.6 Å². The number of carbonyl (C=O) groups is 1. The van der Waals surface area contributed by atoms with Gasteiger partial charge in [0.15, 0.2) is 5.11 Å². The zero-order valence-electron chi connectivity index (χ0n) is 18.3. The molecule has 1 aliphatic rings. The van der Waals surface area contributed by atoms with Gasteiger partial charge in [0, 0.05) is 11.3 Å². The summed E-state index contributed by atoms with van der Waals surface area (Å²) in [7, 11) is 0. The van der Waals surface area contributed by atoms with Crippen LogP contribution in [-0.4, -0.2) is 37.6 Å². The number of aryl methyl sites for hydroxylation is 1. The van der Waals surface area contributed by atoms with Crippen LogP contribution in [0.2, 0.25) is 0 Å². The molecule has 2 heterocycles. The normalized spacial score (nSPS) is 16.2. The lowest BCUT2D eigenvalue weighted by Gasteiger charge is -2.39. The molecule has 1 unspecified atom stereocenters. The van der Waals surface area contributed by atoms with E-state index in [9.17, 15) is 4.79 Å². The average Bonchev–Trinajstić information content (AvgIpc) is 3.25. The highest BCUT2D eigenvalue weighted by molar-refractivity contribution is 7.80. The third-order valence-corrected chi connectivity index (χ3v) is 5.67. The number of thiocarbonyl (C=S) groups is 1. The van der Waals surface area contributed by atoms with Crippen molar-refractivity contribution in [1.82, 2.24) is 25.2 Å². The van der Waals surface area contributed by atoms with Crippen molar-refractivity contribution in [2.75, 3.05) is 6.61 Å². The van der Waals surface area contributed by atoms with E-state index in [0.717, 1.165) is 22.4 Å². The second-order valence-corrected chi connectivity index (χ2v) is 8.01. The Bertz CT molecular complexity index is 1150. The van der Waals surface area contributed by atoms with Gasteiger partial charge in [-0.05, 0) is 38.6 Å². The lowest BCUT2D eigenvalue weighted by molar-refractivity contribution is -0.139. The topological polar surface area (TPSA) is 72.3 Å². The number of hydrogen-bond acceptors (Lipinski definition) is 5. The van der Waals surface area contributed by atoms with Crippen LogP contribution < -0.4 is 5.32 Å². The minimum Gasteiger partial charge on any atom is -0.463 e. The molecule has 1 aliphatic heterocycles. The minimum atomic E-state index is -0.409. The molecule has 1 aromatic heterocycles. The molecular weight excluding hydrogens is 422 g/mol. The molecule has 164 valence electrons. The summed E-state index contributed by atoms with van der Waals surface area (Å²) in [6.45, 7) is 6.29. The van der Waals surface area contributed by atoms with Gasteiger partial charge in [-0.15, -0.1) is 5.10 Å². The zero-order valence-corrected chi connectivity index (χ0v) is 19.1. The van der Waals surface area contributed by atoms with Gasteiger partial charge in [-0.3, -0.25) is 0 Å². The second kappa shape index (κ2) is 9.32. The number of allylic oxidation sites excluding steroid dienone is 1. The van der Waals surface area contributed by atoms with Gasteiger partial charge in [0.2, 0.25) is 0 Å². The smallest absolute Gasteiger partial charge is 0.338 e. The van der Waals surface area contributed by atoms with E-state index in [0.29, 0.717) is 29.7 Å². The Kier molecular flexibility index (Phi) is 6.32. The molecule has 0 aliphatic carbocycles. The largest absolute Gasteiger partial charge is 0.463 e. The molecule has 4 rings (SSSR count). The van der Waals surface area contributed by atoms with Crippen LogP contribution >= 0.6 is 12.2 Å². The summed E-state index contributed by atoms with van der Waals surface area (Å²) in [5, 5.41) is 12.3. The van der Waals surface area contributed by atoms with Crippen molar-refractivity contribution in [1.29, 1.82) is 0 Å². The van der Waals surface area contributed by atoms with Gasteiger partial charge in [-0.2, -0.15) is 0 Å². The summed E-state index contributed by atoms with van der Waals surface area (Å²) in [6, 6.07) is 17.5.